The molecule has 0 fully saturated rings. The Balaban J connectivity index is 1.77. The van der Waals surface area contributed by atoms with Gasteiger partial charge >= 0.3 is 0 Å². The zero-order valence-corrected chi connectivity index (χ0v) is 17.3. The Labute approximate surface area is 175 Å². The van der Waals surface area contributed by atoms with E-state index in [1.165, 1.54) is 35.1 Å². The van der Waals surface area contributed by atoms with Crippen LogP contribution in [0.25, 0.3) is 0 Å². The Bertz CT molecular complexity index is 909. The van der Waals surface area contributed by atoms with Crippen LogP contribution < -0.4 is 0 Å². The molecule has 1 aliphatic rings. The maximum Gasteiger partial charge on any atom is 0.0300 e. The molecular formula is C29H30. The normalized spacial score (nSPS) is 16.0. The molecule has 4 rings (SSSR count). The highest BCUT2D eigenvalue weighted by Crippen LogP contribution is 2.47. The summed E-state index contributed by atoms with van der Waals surface area (Å²) < 4.78 is 0. The van der Waals surface area contributed by atoms with Crippen LogP contribution in [0.4, 0.5) is 0 Å². The second-order valence-electron chi connectivity index (χ2n) is 8.10. The average molecular weight is 379 g/mol. The van der Waals surface area contributed by atoms with Crippen molar-refractivity contribution >= 4 is 0 Å². The van der Waals surface area contributed by atoms with Gasteiger partial charge in [0.15, 0.2) is 0 Å². The SMILES string of the molecule is CCCCC(c1ccccc1)(c1ccccc1)C1C=CC(Cc2ccccc2)=C1. The summed E-state index contributed by atoms with van der Waals surface area (Å²) in [7, 11) is 0. The summed E-state index contributed by atoms with van der Waals surface area (Å²) in [5, 5.41) is 0. The van der Waals surface area contributed by atoms with Crippen molar-refractivity contribution in [2.45, 2.75) is 38.0 Å². The monoisotopic (exact) mass is 378 g/mol. The Hall–Kier alpha value is -2.86. The summed E-state index contributed by atoms with van der Waals surface area (Å²) >= 11 is 0. The fourth-order valence-electron chi connectivity index (χ4n) is 4.76. The summed E-state index contributed by atoms with van der Waals surface area (Å²) in [6.45, 7) is 2.29. The molecule has 0 amide bonds. The number of hydrogen-bond donors (Lipinski definition) is 0. The second-order valence-corrected chi connectivity index (χ2v) is 8.10. The Morgan fingerprint density at radius 3 is 1.83 bits per heavy atom. The first-order valence-electron chi connectivity index (χ1n) is 10.9. The minimum Gasteiger partial charge on any atom is -0.0761 e. The van der Waals surface area contributed by atoms with Crippen molar-refractivity contribution in [2.24, 2.45) is 5.92 Å². The number of allylic oxidation sites excluding steroid dienone is 4. The molecule has 3 aromatic carbocycles. The summed E-state index contributed by atoms with van der Waals surface area (Å²) in [5.74, 6) is 0.373. The van der Waals surface area contributed by atoms with Gasteiger partial charge in [0.05, 0.1) is 0 Å². The van der Waals surface area contributed by atoms with Crippen LogP contribution in [-0.4, -0.2) is 0 Å². The smallest absolute Gasteiger partial charge is 0.0300 e. The van der Waals surface area contributed by atoms with Gasteiger partial charge in [-0.3, -0.25) is 0 Å². The molecule has 0 spiro atoms. The first-order chi connectivity index (χ1) is 14.3. The predicted molar refractivity (Wildman–Crippen MR) is 124 cm³/mol. The van der Waals surface area contributed by atoms with E-state index >= 15 is 0 Å². The van der Waals surface area contributed by atoms with E-state index < -0.39 is 0 Å². The van der Waals surface area contributed by atoms with Gasteiger partial charge in [0.1, 0.15) is 0 Å². The van der Waals surface area contributed by atoms with Gasteiger partial charge in [0, 0.05) is 11.3 Å². The fourth-order valence-corrected chi connectivity index (χ4v) is 4.76. The van der Waals surface area contributed by atoms with Gasteiger partial charge in [-0.05, 0) is 35.1 Å². The van der Waals surface area contributed by atoms with E-state index in [2.05, 4.69) is 116 Å². The molecule has 0 bridgehead atoms. The van der Waals surface area contributed by atoms with Gasteiger partial charge < -0.3 is 0 Å². The quantitative estimate of drug-likeness (QED) is 0.380. The molecule has 1 unspecified atom stereocenters. The predicted octanol–water partition coefficient (Wildman–Crippen LogP) is 7.52. The molecule has 0 aliphatic heterocycles. The molecule has 29 heavy (non-hydrogen) atoms. The molecule has 0 heterocycles. The lowest BCUT2D eigenvalue weighted by molar-refractivity contribution is 0.393. The standard InChI is InChI=1S/C29H30/c1-2-3-21-29(26-15-9-5-10-16-26,27-17-11-6-12-18-27)28-20-19-25(23-28)22-24-13-7-4-8-14-24/h4-20,23,28H,2-3,21-22H2,1H3. The lowest BCUT2D eigenvalue weighted by Crippen LogP contribution is -2.34. The summed E-state index contributed by atoms with van der Waals surface area (Å²) in [6, 6.07) is 33.1. The number of unbranched alkanes of at least 4 members (excludes halogenated alkanes) is 1. The minimum absolute atomic E-state index is 0.0204. The highest BCUT2D eigenvalue weighted by Gasteiger charge is 2.40. The second kappa shape index (κ2) is 9.09. The van der Waals surface area contributed by atoms with Crippen molar-refractivity contribution in [3.63, 3.8) is 0 Å². The van der Waals surface area contributed by atoms with Crippen LogP contribution in [0.15, 0.2) is 115 Å². The van der Waals surface area contributed by atoms with E-state index in [1.54, 1.807) is 0 Å². The van der Waals surface area contributed by atoms with E-state index in [0.717, 1.165) is 12.8 Å². The molecule has 146 valence electrons. The summed E-state index contributed by atoms with van der Waals surface area (Å²) in [4.78, 5) is 0. The highest BCUT2D eigenvalue weighted by molar-refractivity contribution is 5.47. The first-order valence-corrected chi connectivity index (χ1v) is 10.9. The van der Waals surface area contributed by atoms with Crippen molar-refractivity contribution in [1.29, 1.82) is 0 Å². The van der Waals surface area contributed by atoms with Crippen LogP contribution in [-0.2, 0) is 11.8 Å². The lowest BCUT2D eigenvalue weighted by Gasteiger charge is -2.39. The molecule has 1 aliphatic carbocycles. The van der Waals surface area contributed by atoms with Gasteiger partial charge in [-0.25, -0.2) is 0 Å². The topological polar surface area (TPSA) is 0 Å². The Morgan fingerprint density at radius 1 is 0.724 bits per heavy atom. The largest absolute Gasteiger partial charge is 0.0761 e. The van der Waals surface area contributed by atoms with Gasteiger partial charge in [0.25, 0.3) is 0 Å². The third-order valence-corrected chi connectivity index (χ3v) is 6.23. The maximum absolute atomic E-state index is 2.52. The minimum atomic E-state index is -0.0204. The fraction of sp³-hybridized carbons (Fsp3) is 0.241. The highest BCUT2D eigenvalue weighted by atomic mass is 14.4. The van der Waals surface area contributed by atoms with Gasteiger partial charge in [-0.1, -0.05) is 129 Å². The van der Waals surface area contributed by atoms with E-state index in [9.17, 15) is 0 Å². The van der Waals surface area contributed by atoms with Crippen LogP contribution in [0, 0.1) is 5.92 Å². The third kappa shape index (κ3) is 4.12. The molecule has 0 aromatic heterocycles. The zero-order valence-electron chi connectivity index (χ0n) is 17.3. The molecular weight excluding hydrogens is 348 g/mol. The molecule has 0 saturated heterocycles. The number of benzene rings is 3. The van der Waals surface area contributed by atoms with E-state index in [-0.39, 0.29) is 5.41 Å². The maximum atomic E-state index is 2.52. The number of rotatable bonds is 8. The Morgan fingerprint density at radius 2 is 1.28 bits per heavy atom. The van der Waals surface area contributed by atoms with Crippen molar-refractivity contribution in [3.8, 4) is 0 Å². The molecule has 0 heteroatoms. The van der Waals surface area contributed by atoms with E-state index in [0.29, 0.717) is 5.92 Å². The van der Waals surface area contributed by atoms with Gasteiger partial charge in [-0.2, -0.15) is 0 Å². The van der Waals surface area contributed by atoms with Crippen LogP contribution in [0.1, 0.15) is 42.9 Å². The van der Waals surface area contributed by atoms with Crippen molar-refractivity contribution in [2.75, 3.05) is 0 Å². The zero-order chi connectivity index (χ0) is 19.9. The molecule has 0 nitrogen and oxygen atoms in total. The van der Waals surface area contributed by atoms with Crippen LogP contribution in [0.5, 0.6) is 0 Å². The van der Waals surface area contributed by atoms with Crippen molar-refractivity contribution in [1.82, 2.24) is 0 Å². The lowest BCUT2D eigenvalue weighted by atomic mass is 9.63. The van der Waals surface area contributed by atoms with Crippen LogP contribution in [0.2, 0.25) is 0 Å². The van der Waals surface area contributed by atoms with Gasteiger partial charge in [-0.15, -0.1) is 0 Å². The van der Waals surface area contributed by atoms with Crippen molar-refractivity contribution < 1.29 is 0 Å². The van der Waals surface area contributed by atoms with E-state index in [1.807, 2.05) is 0 Å². The van der Waals surface area contributed by atoms with E-state index in [4.69, 9.17) is 0 Å². The summed E-state index contributed by atoms with van der Waals surface area (Å²) in [6.07, 6.45) is 11.9. The van der Waals surface area contributed by atoms with Crippen LogP contribution in [0.3, 0.4) is 0 Å². The Kier molecular flexibility index (Phi) is 6.10. The molecule has 0 radical (unpaired) electrons. The summed E-state index contributed by atoms with van der Waals surface area (Å²) in [5.41, 5.74) is 5.63. The van der Waals surface area contributed by atoms with Gasteiger partial charge in [0.2, 0.25) is 0 Å². The molecule has 0 N–H and O–H groups in total. The van der Waals surface area contributed by atoms with Crippen molar-refractivity contribution in [3.05, 3.63) is 131 Å². The average Bonchev–Trinajstić information content (AvgIpc) is 3.25. The number of hydrogen-bond acceptors (Lipinski definition) is 0. The molecule has 1 atom stereocenters. The molecule has 0 saturated carbocycles. The first kappa shape index (κ1) is 19.5. The third-order valence-electron chi connectivity index (χ3n) is 6.23. The molecule has 3 aromatic rings. The van der Waals surface area contributed by atoms with Crippen LogP contribution >= 0.6 is 0 Å².